The van der Waals surface area contributed by atoms with Gasteiger partial charge in [0.2, 0.25) is 0 Å². The summed E-state index contributed by atoms with van der Waals surface area (Å²) in [6.45, 7) is 6.35. The smallest absolute Gasteiger partial charge is 0.0738 e. The molecule has 2 aromatic carbocycles. The largest absolute Gasteiger partial charge is 0.248 e. The fourth-order valence-corrected chi connectivity index (χ4v) is 1.95. The van der Waals surface area contributed by atoms with E-state index >= 15 is 0 Å². The Hall–Kier alpha value is -1.89. The number of aromatic nitrogens is 1. The first kappa shape index (κ1) is 12.6. The van der Waals surface area contributed by atoms with Crippen LogP contribution < -0.4 is 0 Å². The number of para-hydroxylation sites is 2. The van der Waals surface area contributed by atoms with Gasteiger partial charge in [-0.1, -0.05) is 56.7 Å². The first-order valence-corrected chi connectivity index (χ1v) is 6.51. The summed E-state index contributed by atoms with van der Waals surface area (Å²) >= 11 is 0. The van der Waals surface area contributed by atoms with Gasteiger partial charge in [-0.2, -0.15) is 0 Å². The van der Waals surface area contributed by atoms with E-state index in [1.807, 2.05) is 12.1 Å². The summed E-state index contributed by atoms with van der Waals surface area (Å²) in [5, 5.41) is 2.42. The van der Waals surface area contributed by atoms with Crippen molar-refractivity contribution < 1.29 is 0 Å². The van der Waals surface area contributed by atoms with Crippen LogP contribution in [0.2, 0.25) is 0 Å². The van der Waals surface area contributed by atoms with Crippen molar-refractivity contribution in [3.8, 4) is 0 Å². The second-order valence-corrected chi connectivity index (χ2v) is 4.53. The van der Waals surface area contributed by atoms with Gasteiger partial charge in [0.05, 0.1) is 11.0 Å². The molecule has 1 heteroatoms. The van der Waals surface area contributed by atoms with Crippen LogP contribution in [0.25, 0.3) is 21.8 Å². The van der Waals surface area contributed by atoms with Gasteiger partial charge >= 0.3 is 0 Å². The molecule has 0 atom stereocenters. The Bertz CT molecular complexity index is 656. The molecule has 3 rings (SSSR count). The highest BCUT2D eigenvalue weighted by atomic mass is 14.7. The summed E-state index contributed by atoms with van der Waals surface area (Å²) in [6, 6.07) is 16.7. The zero-order chi connectivity index (χ0) is 13.0. The Morgan fingerprint density at radius 1 is 0.889 bits per heavy atom. The third kappa shape index (κ3) is 2.51. The topological polar surface area (TPSA) is 12.9 Å². The molecule has 0 amide bonds. The molecule has 0 radical (unpaired) electrons. The van der Waals surface area contributed by atoms with E-state index in [1.165, 1.54) is 22.8 Å². The molecule has 0 unspecified atom stereocenters. The van der Waals surface area contributed by atoms with Crippen LogP contribution in [0.1, 0.15) is 25.8 Å². The Morgan fingerprint density at radius 2 is 1.56 bits per heavy atom. The molecule has 0 aliphatic carbocycles. The minimum atomic E-state index is 1.07. The summed E-state index contributed by atoms with van der Waals surface area (Å²) in [5.74, 6) is 0. The van der Waals surface area contributed by atoms with Crippen molar-refractivity contribution >= 4 is 21.8 Å². The highest BCUT2D eigenvalue weighted by molar-refractivity contribution is 5.93. The number of aryl methyl sites for hydroxylation is 1. The van der Waals surface area contributed by atoms with Crippen molar-refractivity contribution in [1.29, 1.82) is 0 Å². The summed E-state index contributed by atoms with van der Waals surface area (Å²) in [6.07, 6.45) is 1.25. The average Bonchev–Trinajstić information content (AvgIpc) is 2.38. The van der Waals surface area contributed by atoms with Crippen LogP contribution in [0, 0.1) is 6.92 Å². The van der Waals surface area contributed by atoms with E-state index in [0.717, 1.165) is 11.0 Å². The predicted octanol–water partition coefficient (Wildman–Crippen LogP) is 5.11. The van der Waals surface area contributed by atoms with E-state index in [-0.39, 0.29) is 0 Å². The third-order valence-corrected chi connectivity index (χ3v) is 2.75. The predicted molar refractivity (Wildman–Crippen MR) is 80.0 cm³/mol. The van der Waals surface area contributed by atoms with E-state index in [2.05, 4.69) is 62.2 Å². The number of fused-ring (bicyclic) bond motifs is 2. The fourth-order valence-electron chi connectivity index (χ4n) is 1.95. The van der Waals surface area contributed by atoms with Crippen LogP contribution in [-0.4, -0.2) is 4.98 Å². The van der Waals surface area contributed by atoms with E-state index in [1.54, 1.807) is 0 Å². The van der Waals surface area contributed by atoms with Crippen LogP contribution in [0.5, 0.6) is 0 Å². The first-order chi connectivity index (χ1) is 8.76. The average molecular weight is 237 g/mol. The molecule has 1 aromatic heterocycles. The zero-order valence-corrected chi connectivity index (χ0v) is 11.3. The molecule has 1 heterocycles. The molecule has 0 N–H and O–H groups in total. The van der Waals surface area contributed by atoms with Crippen LogP contribution in [0.3, 0.4) is 0 Å². The van der Waals surface area contributed by atoms with Gasteiger partial charge in [-0.25, -0.2) is 4.98 Å². The summed E-state index contributed by atoms with van der Waals surface area (Å²) < 4.78 is 0. The van der Waals surface area contributed by atoms with Gasteiger partial charge in [0, 0.05) is 10.8 Å². The normalized spacial score (nSPS) is 10.2. The van der Waals surface area contributed by atoms with Gasteiger partial charge in [-0.05, 0) is 24.6 Å². The van der Waals surface area contributed by atoms with E-state index < -0.39 is 0 Å². The van der Waals surface area contributed by atoms with Gasteiger partial charge in [0.1, 0.15) is 0 Å². The molecule has 0 spiro atoms. The molecule has 3 aromatic rings. The van der Waals surface area contributed by atoms with Crippen molar-refractivity contribution in [2.24, 2.45) is 0 Å². The minimum Gasteiger partial charge on any atom is -0.248 e. The van der Waals surface area contributed by atoms with Gasteiger partial charge in [0.15, 0.2) is 0 Å². The number of pyridine rings is 1. The zero-order valence-electron chi connectivity index (χ0n) is 11.3. The summed E-state index contributed by atoms with van der Waals surface area (Å²) in [7, 11) is 0. The Kier molecular flexibility index (Phi) is 3.93. The SMILES string of the molecule is CCC.Cc1cccc2cc3ccccc3nc12. The molecule has 0 bridgehead atoms. The van der Waals surface area contributed by atoms with E-state index in [4.69, 9.17) is 0 Å². The van der Waals surface area contributed by atoms with Crippen molar-refractivity contribution in [3.63, 3.8) is 0 Å². The Morgan fingerprint density at radius 3 is 2.33 bits per heavy atom. The summed E-state index contributed by atoms with van der Waals surface area (Å²) in [5.41, 5.74) is 3.41. The van der Waals surface area contributed by atoms with Gasteiger partial charge < -0.3 is 0 Å². The number of benzene rings is 2. The lowest BCUT2D eigenvalue weighted by Crippen LogP contribution is -1.84. The number of hydrogen-bond acceptors (Lipinski definition) is 1. The second-order valence-electron chi connectivity index (χ2n) is 4.53. The number of hydrogen-bond donors (Lipinski definition) is 0. The molecule has 0 aliphatic heterocycles. The van der Waals surface area contributed by atoms with Crippen LogP contribution >= 0.6 is 0 Å². The van der Waals surface area contributed by atoms with E-state index in [0.29, 0.717) is 0 Å². The third-order valence-electron chi connectivity index (χ3n) is 2.75. The molecule has 0 saturated heterocycles. The van der Waals surface area contributed by atoms with E-state index in [9.17, 15) is 0 Å². The quantitative estimate of drug-likeness (QED) is 0.495. The lowest BCUT2D eigenvalue weighted by Gasteiger charge is -2.03. The molecular formula is C17H19N. The fraction of sp³-hybridized carbons (Fsp3) is 0.235. The van der Waals surface area contributed by atoms with Crippen molar-refractivity contribution in [1.82, 2.24) is 4.98 Å². The molecule has 0 fully saturated rings. The maximum absolute atomic E-state index is 4.68. The van der Waals surface area contributed by atoms with Crippen LogP contribution in [0.15, 0.2) is 48.5 Å². The minimum absolute atomic E-state index is 1.07. The van der Waals surface area contributed by atoms with Crippen LogP contribution in [-0.2, 0) is 0 Å². The molecule has 92 valence electrons. The highest BCUT2D eigenvalue weighted by Gasteiger charge is 2.00. The molecular weight excluding hydrogens is 218 g/mol. The lowest BCUT2D eigenvalue weighted by atomic mass is 10.1. The van der Waals surface area contributed by atoms with Gasteiger partial charge in [-0.3, -0.25) is 0 Å². The monoisotopic (exact) mass is 237 g/mol. The van der Waals surface area contributed by atoms with Crippen LogP contribution in [0.4, 0.5) is 0 Å². The Labute approximate surface area is 108 Å². The maximum Gasteiger partial charge on any atom is 0.0738 e. The molecule has 1 nitrogen and oxygen atoms in total. The first-order valence-electron chi connectivity index (χ1n) is 6.51. The summed E-state index contributed by atoms with van der Waals surface area (Å²) in [4.78, 5) is 4.68. The Balaban J connectivity index is 0.000000367. The van der Waals surface area contributed by atoms with Crippen molar-refractivity contribution in [2.45, 2.75) is 27.2 Å². The maximum atomic E-state index is 4.68. The van der Waals surface area contributed by atoms with Gasteiger partial charge in [-0.15, -0.1) is 0 Å². The molecule has 18 heavy (non-hydrogen) atoms. The second kappa shape index (κ2) is 5.63. The standard InChI is InChI=1S/C14H11N.C3H8/c1-10-5-4-7-12-9-11-6-2-3-8-13(11)15-14(10)12;1-3-2/h2-9H,1H3;3H2,1-2H3. The van der Waals surface area contributed by atoms with Crippen molar-refractivity contribution in [2.75, 3.05) is 0 Å². The lowest BCUT2D eigenvalue weighted by molar-refractivity contribution is 1.09. The molecule has 0 saturated carbocycles. The number of nitrogens with zero attached hydrogens (tertiary/aromatic N) is 1. The highest BCUT2D eigenvalue weighted by Crippen LogP contribution is 2.21. The number of rotatable bonds is 0. The molecule has 0 aliphatic rings. The van der Waals surface area contributed by atoms with Crippen molar-refractivity contribution in [3.05, 3.63) is 54.1 Å². The van der Waals surface area contributed by atoms with Gasteiger partial charge in [0.25, 0.3) is 0 Å².